The summed E-state index contributed by atoms with van der Waals surface area (Å²) in [5.41, 5.74) is 2.42. The Morgan fingerprint density at radius 2 is 2.10 bits per heavy atom. The molecule has 2 aromatic rings. The Morgan fingerprint density at radius 1 is 1.24 bits per heavy atom. The third kappa shape index (κ3) is 3.64. The molecule has 0 bridgehead atoms. The minimum atomic E-state index is -0.425. The third-order valence-corrected chi connectivity index (χ3v) is 6.63. The molecule has 2 amide bonds. The summed E-state index contributed by atoms with van der Waals surface area (Å²) in [7, 11) is 0. The first-order valence-corrected chi connectivity index (χ1v) is 10.8. The van der Waals surface area contributed by atoms with Crippen LogP contribution < -0.4 is 10.6 Å². The molecule has 29 heavy (non-hydrogen) atoms. The van der Waals surface area contributed by atoms with E-state index in [9.17, 15) is 9.59 Å². The first-order chi connectivity index (χ1) is 14.0. The summed E-state index contributed by atoms with van der Waals surface area (Å²) in [6.45, 7) is 3.64. The van der Waals surface area contributed by atoms with Crippen molar-refractivity contribution in [3.8, 4) is 0 Å². The minimum Gasteiger partial charge on any atom is -0.352 e. The lowest BCUT2D eigenvalue weighted by molar-refractivity contribution is -0.134. The molecule has 7 heteroatoms. The van der Waals surface area contributed by atoms with E-state index in [-0.39, 0.29) is 17.9 Å². The summed E-state index contributed by atoms with van der Waals surface area (Å²) in [6.07, 6.45) is 6.36. The van der Waals surface area contributed by atoms with Crippen LogP contribution in [-0.2, 0) is 16.0 Å². The molecule has 1 aliphatic carbocycles. The fourth-order valence-corrected chi connectivity index (χ4v) is 5.08. The fourth-order valence-electron chi connectivity index (χ4n) is 5.08. The van der Waals surface area contributed by atoms with Crippen molar-refractivity contribution in [3.63, 3.8) is 0 Å². The molecule has 3 aliphatic rings. The number of fused-ring (bicyclic) bond motifs is 2. The molecule has 1 saturated carbocycles. The zero-order valence-corrected chi connectivity index (χ0v) is 17.0. The Morgan fingerprint density at radius 3 is 2.93 bits per heavy atom. The number of aromatic nitrogens is 2. The molecule has 1 aromatic heterocycles. The summed E-state index contributed by atoms with van der Waals surface area (Å²) in [4.78, 5) is 35.7. The number of benzene rings is 1. The molecule has 3 N–H and O–H groups in total. The van der Waals surface area contributed by atoms with Gasteiger partial charge in [0.25, 0.3) is 0 Å². The largest absolute Gasteiger partial charge is 0.352 e. The van der Waals surface area contributed by atoms with Crippen LogP contribution in [0.15, 0.2) is 18.2 Å². The summed E-state index contributed by atoms with van der Waals surface area (Å²) < 4.78 is 0. The lowest BCUT2D eigenvalue weighted by atomic mass is 9.84. The Hall–Kier alpha value is -2.41. The zero-order valence-electron chi connectivity index (χ0n) is 17.0. The van der Waals surface area contributed by atoms with Crippen molar-refractivity contribution in [1.29, 1.82) is 0 Å². The van der Waals surface area contributed by atoms with E-state index < -0.39 is 5.54 Å². The van der Waals surface area contributed by atoms with Crippen LogP contribution in [0.4, 0.5) is 0 Å². The molecule has 0 spiro atoms. The molecule has 2 saturated heterocycles. The minimum absolute atomic E-state index is 0.0168. The van der Waals surface area contributed by atoms with E-state index in [4.69, 9.17) is 0 Å². The van der Waals surface area contributed by atoms with Crippen LogP contribution in [0, 0.1) is 6.92 Å². The van der Waals surface area contributed by atoms with Crippen LogP contribution in [0.5, 0.6) is 0 Å². The van der Waals surface area contributed by atoms with Crippen LogP contribution in [0.1, 0.15) is 49.9 Å². The molecule has 1 aromatic carbocycles. The fraction of sp³-hybridized carbons (Fsp3) is 0.591. The Balaban J connectivity index is 1.24. The van der Waals surface area contributed by atoms with Gasteiger partial charge in [0.2, 0.25) is 11.8 Å². The summed E-state index contributed by atoms with van der Waals surface area (Å²) >= 11 is 0. The summed E-state index contributed by atoms with van der Waals surface area (Å²) in [5, 5.41) is 6.41. The number of hydrogen-bond acceptors (Lipinski definition) is 4. The van der Waals surface area contributed by atoms with Gasteiger partial charge in [-0.05, 0) is 69.7 Å². The number of aryl methyl sites for hydroxylation is 1. The van der Waals surface area contributed by atoms with E-state index in [0.717, 1.165) is 74.0 Å². The Bertz CT molecular complexity index is 950. The van der Waals surface area contributed by atoms with Crippen LogP contribution in [0.3, 0.4) is 0 Å². The van der Waals surface area contributed by atoms with E-state index in [1.807, 2.05) is 25.1 Å². The van der Waals surface area contributed by atoms with Crippen LogP contribution in [0.25, 0.3) is 11.0 Å². The van der Waals surface area contributed by atoms with E-state index in [2.05, 4.69) is 25.5 Å². The van der Waals surface area contributed by atoms with Crippen molar-refractivity contribution in [3.05, 3.63) is 29.6 Å². The van der Waals surface area contributed by atoms with E-state index in [0.29, 0.717) is 12.5 Å². The van der Waals surface area contributed by atoms with Gasteiger partial charge in [-0.25, -0.2) is 4.98 Å². The highest BCUT2D eigenvalue weighted by Crippen LogP contribution is 2.38. The normalized spacial score (nSPS) is 27.0. The maximum atomic E-state index is 13.0. The maximum absolute atomic E-state index is 13.0. The van der Waals surface area contributed by atoms with Gasteiger partial charge in [0.15, 0.2) is 0 Å². The lowest BCUT2D eigenvalue weighted by Crippen LogP contribution is -2.57. The molecule has 2 atom stereocenters. The van der Waals surface area contributed by atoms with Crippen molar-refractivity contribution < 1.29 is 9.59 Å². The topological polar surface area (TPSA) is 90.1 Å². The summed E-state index contributed by atoms with van der Waals surface area (Å²) in [5.74, 6) is 1.07. The van der Waals surface area contributed by atoms with Gasteiger partial charge in [0.05, 0.1) is 17.5 Å². The monoisotopic (exact) mass is 395 g/mol. The van der Waals surface area contributed by atoms with E-state index in [1.54, 1.807) is 0 Å². The van der Waals surface area contributed by atoms with Gasteiger partial charge >= 0.3 is 0 Å². The number of carbonyl (C=O) groups is 2. The van der Waals surface area contributed by atoms with Gasteiger partial charge in [0.1, 0.15) is 11.4 Å². The highest BCUT2D eigenvalue weighted by molar-refractivity contribution is 5.88. The molecular weight excluding hydrogens is 366 g/mol. The average molecular weight is 396 g/mol. The highest BCUT2D eigenvalue weighted by atomic mass is 16.2. The van der Waals surface area contributed by atoms with E-state index >= 15 is 0 Å². The van der Waals surface area contributed by atoms with Crippen molar-refractivity contribution >= 4 is 22.8 Å². The van der Waals surface area contributed by atoms with Gasteiger partial charge in [-0.3, -0.25) is 14.5 Å². The number of piperidine rings is 1. The number of amides is 2. The maximum Gasteiger partial charge on any atom is 0.240 e. The van der Waals surface area contributed by atoms with Crippen LogP contribution >= 0.6 is 0 Å². The molecular formula is C22H29N5O2. The second-order valence-electron chi connectivity index (χ2n) is 9.00. The standard InChI is InChI=1S/C22H29N5O2/c1-14-23-18-7-4-15(10-19(18)24-14)11-20(28)25-17-12-22(21(29)26-16-5-6-16)8-2-3-9-27(22)13-17/h4,7,10,16-17H,2-3,5-6,8-9,11-13H2,1H3,(H,23,24)(H,25,28)(H,26,29)/t17-,22+/m0/s1. The van der Waals surface area contributed by atoms with Gasteiger partial charge in [-0.1, -0.05) is 6.07 Å². The highest BCUT2D eigenvalue weighted by Gasteiger charge is 2.52. The molecule has 154 valence electrons. The van der Waals surface area contributed by atoms with Crippen molar-refractivity contribution in [2.24, 2.45) is 0 Å². The van der Waals surface area contributed by atoms with Crippen molar-refractivity contribution in [1.82, 2.24) is 25.5 Å². The third-order valence-electron chi connectivity index (χ3n) is 6.63. The SMILES string of the molecule is Cc1nc2ccc(CC(=O)N[C@@H]3CN4CCCC[C@]4(C(=O)NC4CC4)C3)cc2[nH]1. The number of hydrogen-bond donors (Lipinski definition) is 3. The first-order valence-electron chi connectivity index (χ1n) is 10.8. The number of carbonyl (C=O) groups excluding carboxylic acids is 2. The van der Waals surface area contributed by atoms with Gasteiger partial charge in [0, 0.05) is 18.6 Å². The Labute approximate surface area is 170 Å². The zero-order chi connectivity index (χ0) is 20.0. The second-order valence-corrected chi connectivity index (χ2v) is 9.00. The number of rotatable bonds is 5. The number of H-pyrrole nitrogens is 1. The summed E-state index contributed by atoms with van der Waals surface area (Å²) in [6, 6.07) is 6.32. The van der Waals surface area contributed by atoms with Crippen LogP contribution in [0.2, 0.25) is 0 Å². The molecule has 0 unspecified atom stereocenters. The van der Waals surface area contributed by atoms with Gasteiger partial charge < -0.3 is 15.6 Å². The number of nitrogens with zero attached hydrogens (tertiary/aromatic N) is 2. The predicted octanol–water partition coefficient (Wildman–Crippen LogP) is 1.81. The first kappa shape index (κ1) is 18.6. The molecule has 3 fully saturated rings. The number of imidazole rings is 1. The van der Waals surface area contributed by atoms with Crippen molar-refractivity contribution in [2.75, 3.05) is 13.1 Å². The Kier molecular flexibility index (Phi) is 4.57. The van der Waals surface area contributed by atoms with E-state index in [1.165, 1.54) is 0 Å². The number of aromatic amines is 1. The molecule has 7 nitrogen and oxygen atoms in total. The average Bonchev–Trinajstić information content (AvgIpc) is 3.29. The van der Waals surface area contributed by atoms with Crippen molar-refractivity contribution in [2.45, 2.75) is 69.5 Å². The molecule has 5 rings (SSSR count). The predicted molar refractivity (Wildman–Crippen MR) is 110 cm³/mol. The van der Waals surface area contributed by atoms with Gasteiger partial charge in [-0.2, -0.15) is 0 Å². The van der Waals surface area contributed by atoms with Crippen LogP contribution in [-0.4, -0.2) is 57.4 Å². The second kappa shape index (κ2) is 7.13. The number of nitrogens with one attached hydrogen (secondary N) is 3. The lowest BCUT2D eigenvalue weighted by Gasteiger charge is -2.40. The molecule has 0 radical (unpaired) electrons. The van der Waals surface area contributed by atoms with Gasteiger partial charge in [-0.15, -0.1) is 0 Å². The smallest absolute Gasteiger partial charge is 0.240 e. The quantitative estimate of drug-likeness (QED) is 0.720. The molecule has 3 heterocycles. The molecule has 2 aliphatic heterocycles.